The lowest BCUT2D eigenvalue weighted by molar-refractivity contribution is -0.000486. The van der Waals surface area contributed by atoms with Crippen molar-refractivity contribution >= 4 is 28.1 Å². The molecule has 0 aliphatic carbocycles. The van der Waals surface area contributed by atoms with Crippen LogP contribution >= 0.6 is 15.9 Å². The Hall–Kier alpha value is -1.63. The summed E-state index contributed by atoms with van der Waals surface area (Å²) < 4.78 is 10.6. The van der Waals surface area contributed by atoms with Crippen LogP contribution in [0, 0.1) is 0 Å². The first-order chi connectivity index (χ1) is 10.9. The molecule has 0 bridgehead atoms. The highest BCUT2D eigenvalue weighted by atomic mass is 79.9. The van der Waals surface area contributed by atoms with Gasteiger partial charge in [0.1, 0.15) is 11.2 Å². The number of alkyl halides is 1. The van der Waals surface area contributed by atoms with Gasteiger partial charge in [-0.25, -0.2) is 14.5 Å². The van der Waals surface area contributed by atoms with Gasteiger partial charge in [0.2, 0.25) is 0 Å². The molecule has 7 heteroatoms. The van der Waals surface area contributed by atoms with E-state index in [1.54, 1.807) is 47.6 Å². The summed E-state index contributed by atoms with van der Waals surface area (Å²) in [5, 5.41) is 0.583. The summed E-state index contributed by atoms with van der Waals surface area (Å²) in [7, 11) is 0. The number of aromatic nitrogens is 1. The topological polar surface area (TPSA) is 68.7 Å². The molecule has 6 nitrogen and oxygen atoms in total. The molecular formula is C17H25BrN2O4. The predicted molar refractivity (Wildman–Crippen MR) is 94.9 cm³/mol. The first kappa shape index (κ1) is 20.4. The van der Waals surface area contributed by atoms with Gasteiger partial charge in [0.15, 0.2) is 0 Å². The highest BCUT2D eigenvalue weighted by molar-refractivity contribution is 9.08. The number of imide groups is 1. The van der Waals surface area contributed by atoms with E-state index < -0.39 is 23.4 Å². The molecule has 0 aromatic carbocycles. The van der Waals surface area contributed by atoms with Crippen LogP contribution in [0.2, 0.25) is 0 Å². The molecule has 0 fully saturated rings. The van der Waals surface area contributed by atoms with E-state index in [1.165, 1.54) is 0 Å². The van der Waals surface area contributed by atoms with Crippen molar-refractivity contribution in [3.8, 4) is 0 Å². The van der Waals surface area contributed by atoms with Crippen molar-refractivity contribution < 1.29 is 19.1 Å². The van der Waals surface area contributed by atoms with E-state index in [0.717, 1.165) is 10.6 Å². The van der Waals surface area contributed by atoms with Crippen LogP contribution in [0.25, 0.3) is 0 Å². The zero-order chi connectivity index (χ0) is 18.5. The zero-order valence-corrected chi connectivity index (χ0v) is 16.6. The van der Waals surface area contributed by atoms with Crippen LogP contribution in [-0.4, -0.2) is 33.3 Å². The van der Waals surface area contributed by atoms with Crippen molar-refractivity contribution in [2.45, 2.75) is 64.6 Å². The van der Waals surface area contributed by atoms with Gasteiger partial charge in [0.25, 0.3) is 0 Å². The summed E-state index contributed by atoms with van der Waals surface area (Å²) in [6, 6.07) is 5.42. The number of halogens is 1. The van der Waals surface area contributed by atoms with E-state index in [4.69, 9.17) is 9.47 Å². The zero-order valence-electron chi connectivity index (χ0n) is 15.1. The van der Waals surface area contributed by atoms with Crippen LogP contribution in [0.5, 0.6) is 0 Å². The summed E-state index contributed by atoms with van der Waals surface area (Å²) in [4.78, 5) is 30.1. The van der Waals surface area contributed by atoms with Gasteiger partial charge >= 0.3 is 12.2 Å². The Morgan fingerprint density at radius 1 is 1.00 bits per heavy atom. The molecule has 2 amide bonds. The minimum atomic E-state index is -0.761. The van der Waals surface area contributed by atoms with E-state index in [-0.39, 0.29) is 6.54 Å². The first-order valence-electron chi connectivity index (χ1n) is 7.65. The minimum absolute atomic E-state index is 0.0231. The second-order valence-corrected chi connectivity index (χ2v) is 7.86. The third kappa shape index (κ3) is 7.29. The largest absolute Gasteiger partial charge is 0.443 e. The monoisotopic (exact) mass is 400 g/mol. The standard InChI is InChI=1S/C17H25BrN2O4/c1-16(2,3)23-14(21)20(15(22)24-17(4,5)6)11-13-9-7-8-12(10-18)19-13/h7-9H,10-11H2,1-6H3. The van der Waals surface area contributed by atoms with Crippen LogP contribution in [0.15, 0.2) is 18.2 Å². The lowest BCUT2D eigenvalue weighted by Gasteiger charge is -2.28. The summed E-state index contributed by atoms with van der Waals surface area (Å²) in [6.45, 7) is 10.4. The Kier molecular flexibility index (Phi) is 6.77. The molecule has 0 spiro atoms. The number of hydrogen-bond donors (Lipinski definition) is 0. The molecule has 1 rings (SSSR count). The Morgan fingerprint density at radius 2 is 1.46 bits per heavy atom. The number of hydrogen-bond acceptors (Lipinski definition) is 5. The molecule has 0 aliphatic rings. The number of rotatable bonds is 3. The molecule has 0 N–H and O–H groups in total. The normalized spacial score (nSPS) is 11.8. The molecule has 0 atom stereocenters. The number of ether oxygens (including phenoxy) is 2. The predicted octanol–water partition coefficient (Wildman–Crippen LogP) is 4.65. The van der Waals surface area contributed by atoms with Gasteiger partial charge in [-0.15, -0.1) is 0 Å². The van der Waals surface area contributed by atoms with Crippen molar-refractivity contribution in [3.63, 3.8) is 0 Å². The summed E-state index contributed by atoms with van der Waals surface area (Å²) in [5.74, 6) is 0. The van der Waals surface area contributed by atoms with Crippen molar-refractivity contribution in [1.82, 2.24) is 9.88 Å². The minimum Gasteiger partial charge on any atom is -0.443 e. The second kappa shape index (κ2) is 7.96. The molecule has 0 saturated heterocycles. The van der Waals surface area contributed by atoms with Gasteiger partial charge in [0, 0.05) is 5.33 Å². The maximum absolute atomic E-state index is 12.4. The van der Waals surface area contributed by atoms with Gasteiger partial charge in [-0.2, -0.15) is 0 Å². The van der Waals surface area contributed by atoms with Crippen LogP contribution in [0.1, 0.15) is 52.9 Å². The van der Waals surface area contributed by atoms with Gasteiger partial charge in [-0.05, 0) is 53.7 Å². The fourth-order valence-corrected chi connectivity index (χ4v) is 2.00. The smallest absolute Gasteiger partial charge is 0.420 e. The number of nitrogens with zero attached hydrogens (tertiary/aromatic N) is 2. The third-order valence-electron chi connectivity index (χ3n) is 2.55. The fourth-order valence-electron chi connectivity index (χ4n) is 1.69. The number of pyridine rings is 1. The van der Waals surface area contributed by atoms with Gasteiger partial charge in [-0.1, -0.05) is 22.0 Å². The SMILES string of the molecule is CC(C)(C)OC(=O)N(Cc1cccc(CBr)n1)C(=O)OC(C)(C)C. The molecule has 0 radical (unpaired) electrons. The Bertz CT molecular complexity index is 563. The summed E-state index contributed by atoms with van der Waals surface area (Å²) >= 11 is 3.34. The molecule has 1 aromatic heterocycles. The van der Waals surface area contributed by atoms with Crippen molar-refractivity contribution in [2.75, 3.05) is 0 Å². The molecule has 0 aliphatic heterocycles. The van der Waals surface area contributed by atoms with E-state index >= 15 is 0 Å². The molecule has 24 heavy (non-hydrogen) atoms. The number of carbonyl (C=O) groups excluding carboxylic acids is 2. The quantitative estimate of drug-likeness (QED) is 0.690. The Morgan fingerprint density at radius 3 is 1.88 bits per heavy atom. The van der Waals surface area contributed by atoms with Gasteiger partial charge < -0.3 is 9.47 Å². The maximum atomic E-state index is 12.4. The average molecular weight is 401 g/mol. The van der Waals surface area contributed by atoms with Crippen LogP contribution < -0.4 is 0 Å². The van der Waals surface area contributed by atoms with Crippen LogP contribution in [0.4, 0.5) is 9.59 Å². The van der Waals surface area contributed by atoms with Gasteiger partial charge in [-0.3, -0.25) is 4.98 Å². The number of amides is 2. The Balaban J connectivity index is 3.03. The number of carbonyl (C=O) groups is 2. The van der Waals surface area contributed by atoms with E-state index in [9.17, 15) is 9.59 Å². The molecule has 0 unspecified atom stereocenters. The van der Waals surface area contributed by atoms with E-state index in [0.29, 0.717) is 11.0 Å². The lowest BCUT2D eigenvalue weighted by Crippen LogP contribution is -2.43. The fraction of sp³-hybridized carbons (Fsp3) is 0.588. The van der Waals surface area contributed by atoms with E-state index in [2.05, 4.69) is 20.9 Å². The Labute approximate surface area is 151 Å². The highest BCUT2D eigenvalue weighted by Crippen LogP contribution is 2.17. The summed E-state index contributed by atoms with van der Waals surface area (Å²) in [5.41, 5.74) is -0.0604. The van der Waals surface area contributed by atoms with Crippen molar-refractivity contribution in [2.24, 2.45) is 0 Å². The highest BCUT2D eigenvalue weighted by Gasteiger charge is 2.31. The second-order valence-electron chi connectivity index (χ2n) is 7.30. The van der Waals surface area contributed by atoms with Crippen LogP contribution in [0.3, 0.4) is 0 Å². The van der Waals surface area contributed by atoms with Crippen molar-refractivity contribution in [3.05, 3.63) is 29.6 Å². The van der Waals surface area contributed by atoms with E-state index in [1.807, 2.05) is 12.1 Å². The lowest BCUT2D eigenvalue weighted by atomic mass is 10.2. The molecule has 0 saturated carbocycles. The van der Waals surface area contributed by atoms with Crippen LogP contribution in [-0.2, 0) is 21.3 Å². The summed E-state index contributed by atoms with van der Waals surface area (Å²) in [6.07, 6.45) is -1.52. The maximum Gasteiger partial charge on any atom is 0.420 e. The molecular weight excluding hydrogens is 376 g/mol. The average Bonchev–Trinajstić information content (AvgIpc) is 2.41. The first-order valence-corrected chi connectivity index (χ1v) is 8.78. The van der Waals surface area contributed by atoms with Crippen molar-refractivity contribution in [1.29, 1.82) is 0 Å². The molecule has 134 valence electrons. The molecule has 1 aromatic rings. The third-order valence-corrected chi connectivity index (χ3v) is 3.12. The molecule has 1 heterocycles. The van der Waals surface area contributed by atoms with Gasteiger partial charge in [0.05, 0.1) is 17.9 Å².